The number of ether oxygens (including phenoxy) is 1. The highest BCUT2D eigenvalue weighted by molar-refractivity contribution is 5.96. The third kappa shape index (κ3) is 8.66. The summed E-state index contributed by atoms with van der Waals surface area (Å²) < 4.78 is 6.26. The summed E-state index contributed by atoms with van der Waals surface area (Å²) in [6.07, 6.45) is 6.69. The van der Waals surface area contributed by atoms with Crippen molar-refractivity contribution in [2.24, 2.45) is 11.8 Å². The van der Waals surface area contributed by atoms with Gasteiger partial charge in [0, 0.05) is 18.7 Å². The molecule has 0 spiro atoms. The van der Waals surface area contributed by atoms with Crippen LogP contribution in [0.5, 0.6) is 11.5 Å². The molecule has 0 unspecified atom stereocenters. The van der Waals surface area contributed by atoms with E-state index < -0.39 is 0 Å². The SMILES string of the molecule is CC(C)CCCCC(=O)N1CCCc2cccc(Oc3ccc(NC(=O)CNCCC(C)C)cc3)c21. The molecule has 1 heterocycles. The molecule has 2 N–H and O–H groups in total. The molecule has 196 valence electrons. The van der Waals surface area contributed by atoms with Gasteiger partial charge in [-0.1, -0.05) is 52.7 Å². The molecule has 0 aromatic heterocycles. The third-order valence-electron chi connectivity index (χ3n) is 6.45. The summed E-state index contributed by atoms with van der Waals surface area (Å²) in [4.78, 5) is 27.2. The third-order valence-corrected chi connectivity index (χ3v) is 6.45. The average Bonchev–Trinajstić information content (AvgIpc) is 2.85. The zero-order valence-electron chi connectivity index (χ0n) is 22.4. The van der Waals surface area contributed by atoms with Crippen LogP contribution in [-0.2, 0) is 16.0 Å². The van der Waals surface area contributed by atoms with Crippen LogP contribution in [0.15, 0.2) is 42.5 Å². The lowest BCUT2D eigenvalue weighted by Gasteiger charge is -2.31. The van der Waals surface area contributed by atoms with Gasteiger partial charge in [0.05, 0.1) is 12.2 Å². The van der Waals surface area contributed by atoms with E-state index in [1.54, 1.807) is 0 Å². The van der Waals surface area contributed by atoms with E-state index in [0.717, 1.165) is 68.6 Å². The number of carbonyl (C=O) groups is 2. The molecule has 0 bridgehead atoms. The molecule has 0 aliphatic carbocycles. The normalized spacial score (nSPS) is 13.1. The highest BCUT2D eigenvalue weighted by Crippen LogP contribution is 2.39. The van der Waals surface area contributed by atoms with Crippen molar-refractivity contribution in [3.8, 4) is 11.5 Å². The van der Waals surface area contributed by atoms with Crippen LogP contribution in [-0.4, -0.2) is 31.4 Å². The average molecular weight is 494 g/mol. The van der Waals surface area contributed by atoms with Gasteiger partial charge in [-0.3, -0.25) is 9.59 Å². The summed E-state index contributed by atoms with van der Waals surface area (Å²) in [5, 5.41) is 6.09. The van der Waals surface area contributed by atoms with E-state index in [2.05, 4.69) is 44.4 Å². The fourth-order valence-electron chi connectivity index (χ4n) is 4.44. The number of benzene rings is 2. The first-order chi connectivity index (χ1) is 17.3. The van der Waals surface area contributed by atoms with E-state index in [1.165, 1.54) is 0 Å². The first-order valence-corrected chi connectivity index (χ1v) is 13.5. The summed E-state index contributed by atoms with van der Waals surface area (Å²) in [7, 11) is 0. The first kappa shape index (κ1) is 27.7. The fraction of sp³-hybridized carbons (Fsp3) is 0.533. The number of anilines is 2. The van der Waals surface area contributed by atoms with Crippen LogP contribution >= 0.6 is 0 Å². The Labute approximate surface area is 216 Å². The smallest absolute Gasteiger partial charge is 0.238 e. The molecule has 0 fully saturated rings. The van der Waals surface area contributed by atoms with Gasteiger partial charge in [-0.05, 0) is 80.0 Å². The highest BCUT2D eigenvalue weighted by Gasteiger charge is 2.26. The summed E-state index contributed by atoms with van der Waals surface area (Å²) in [6.45, 7) is 10.6. The van der Waals surface area contributed by atoms with E-state index >= 15 is 0 Å². The monoisotopic (exact) mass is 493 g/mol. The molecule has 0 saturated heterocycles. The molecule has 6 nitrogen and oxygen atoms in total. The fourth-order valence-corrected chi connectivity index (χ4v) is 4.44. The molecule has 0 saturated carbocycles. The number of hydrogen-bond donors (Lipinski definition) is 2. The molecule has 2 aromatic rings. The molecule has 2 amide bonds. The predicted octanol–water partition coefficient (Wildman–Crippen LogP) is 6.55. The lowest BCUT2D eigenvalue weighted by molar-refractivity contribution is -0.119. The van der Waals surface area contributed by atoms with Crippen LogP contribution in [0.4, 0.5) is 11.4 Å². The minimum absolute atomic E-state index is 0.0629. The molecular weight excluding hydrogens is 450 g/mol. The quantitative estimate of drug-likeness (QED) is 0.311. The van der Waals surface area contributed by atoms with Crippen molar-refractivity contribution in [3.05, 3.63) is 48.0 Å². The van der Waals surface area contributed by atoms with Crippen molar-refractivity contribution in [3.63, 3.8) is 0 Å². The molecule has 0 radical (unpaired) electrons. The number of hydrogen-bond acceptors (Lipinski definition) is 4. The number of unbranched alkanes of at least 4 members (excludes halogenated alkanes) is 1. The number of fused-ring (bicyclic) bond motifs is 1. The van der Waals surface area contributed by atoms with Crippen LogP contribution in [0.1, 0.15) is 71.8 Å². The Morgan fingerprint density at radius 3 is 2.44 bits per heavy atom. The first-order valence-electron chi connectivity index (χ1n) is 13.5. The van der Waals surface area contributed by atoms with Gasteiger partial charge >= 0.3 is 0 Å². The van der Waals surface area contributed by atoms with Crippen molar-refractivity contribution in [2.75, 3.05) is 29.9 Å². The van der Waals surface area contributed by atoms with Crippen LogP contribution in [0.25, 0.3) is 0 Å². The van der Waals surface area contributed by atoms with E-state index in [1.807, 2.05) is 41.3 Å². The Kier molecular flexibility index (Phi) is 10.8. The zero-order valence-corrected chi connectivity index (χ0v) is 22.4. The van der Waals surface area contributed by atoms with Gasteiger partial charge in [0.1, 0.15) is 5.75 Å². The topological polar surface area (TPSA) is 70.7 Å². The predicted molar refractivity (Wildman–Crippen MR) is 148 cm³/mol. The molecule has 0 atom stereocenters. The van der Waals surface area contributed by atoms with E-state index in [-0.39, 0.29) is 11.8 Å². The van der Waals surface area contributed by atoms with Crippen LogP contribution in [0.3, 0.4) is 0 Å². The van der Waals surface area contributed by atoms with Gasteiger partial charge in [0.25, 0.3) is 0 Å². The molecule has 1 aliphatic rings. The number of rotatable bonds is 13. The molecule has 2 aromatic carbocycles. The number of para-hydroxylation sites is 1. The Hall–Kier alpha value is -2.86. The van der Waals surface area contributed by atoms with Crippen molar-refractivity contribution in [1.82, 2.24) is 5.32 Å². The minimum atomic E-state index is -0.0629. The van der Waals surface area contributed by atoms with Gasteiger partial charge in [0.15, 0.2) is 5.75 Å². The van der Waals surface area contributed by atoms with E-state index in [0.29, 0.717) is 36.3 Å². The van der Waals surface area contributed by atoms with Crippen molar-refractivity contribution in [2.45, 2.75) is 72.6 Å². The van der Waals surface area contributed by atoms with Crippen molar-refractivity contribution in [1.29, 1.82) is 0 Å². The summed E-state index contributed by atoms with van der Waals surface area (Å²) >= 11 is 0. The molecular formula is C30H43N3O3. The Morgan fingerprint density at radius 2 is 1.72 bits per heavy atom. The van der Waals surface area contributed by atoms with E-state index in [4.69, 9.17) is 4.74 Å². The van der Waals surface area contributed by atoms with Gasteiger partial charge in [0.2, 0.25) is 11.8 Å². The molecule has 3 rings (SSSR count). The maximum absolute atomic E-state index is 13.1. The number of amides is 2. The van der Waals surface area contributed by atoms with Crippen molar-refractivity contribution >= 4 is 23.2 Å². The summed E-state index contributed by atoms with van der Waals surface area (Å²) in [5.41, 5.74) is 2.79. The number of carbonyl (C=O) groups excluding carboxylic acids is 2. The number of nitrogens with one attached hydrogen (secondary N) is 2. The summed E-state index contributed by atoms with van der Waals surface area (Å²) in [6, 6.07) is 13.4. The Balaban J connectivity index is 1.60. The van der Waals surface area contributed by atoms with E-state index in [9.17, 15) is 9.59 Å². The zero-order chi connectivity index (χ0) is 25.9. The maximum atomic E-state index is 13.1. The second kappa shape index (κ2) is 14.0. The molecule has 36 heavy (non-hydrogen) atoms. The lowest BCUT2D eigenvalue weighted by Crippen LogP contribution is -2.35. The van der Waals surface area contributed by atoms with Crippen LogP contribution in [0.2, 0.25) is 0 Å². The minimum Gasteiger partial charge on any atom is -0.455 e. The van der Waals surface area contributed by atoms with Crippen LogP contribution < -0.4 is 20.3 Å². The number of aryl methyl sites for hydroxylation is 1. The maximum Gasteiger partial charge on any atom is 0.238 e. The standard InChI is InChI=1S/C30H43N3O3/c1-22(2)9-5-6-13-29(35)33-20-8-11-24-10-7-12-27(30(24)33)36-26-16-14-25(15-17-26)32-28(34)21-31-19-18-23(3)4/h7,10,12,14-17,22-23,31H,5-6,8-9,11,13,18-21H2,1-4H3,(H,32,34). The lowest BCUT2D eigenvalue weighted by atomic mass is 9.99. The summed E-state index contributed by atoms with van der Waals surface area (Å²) in [5.74, 6) is 2.77. The van der Waals surface area contributed by atoms with Crippen LogP contribution in [0, 0.1) is 11.8 Å². The molecule has 1 aliphatic heterocycles. The number of nitrogens with zero attached hydrogens (tertiary/aromatic N) is 1. The van der Waals surface area contributed by atoms with Gasteiger partial charge in [-0.2, -0.15) is 0 Å². The second-order valence-corrected chi connectivity index (χ2v) is 10.6. The largest absolute Gasteiger partial charge is 0.455 e. The molecule has 6 heteroatoms. The highest BCUT2D eigenvalue weighted by atomic mass is 16.5. The van der Waals surface area contributed by atoms with Gasteiger partial charge in [-0.25, -0.2) is 0 Å². The van der Waals surface area contributed by atoms with Gasteiger partial charge in [-0.15, -0.1) is 0 Å². The van der Waals surface area contributed by atoms with Crippen molar-refractivity contribution < 1.29 is 14.3 Å². The Morgan fingerprint density at radius 1 is 0.972 bits per heavy atom. The second-order valence-electron chi connectivity index (χ2n) is 10.6. The Bertz CT molecular complexity index is 985. The van der Waals surface area contributed by atoms with Gasteiger partial charge < -0.3 is 20.3 Å².